The lowest BCUT2D eigenvalue weighted by molar-refractivity contribution is -0.120. The number of pyridine rings is 1. The van der Waals surface area contributed by atoms with E-state index >= 15 is 0 Å². The number of aromatic nitrogens is 1. The van der Waals surface area contributed by atoms with E-state index in [1.165, 1.54) is 0 Å². The lowest BCUT2D eigenvalue weighted by atomic mass is 9.95. The van der Waals surface area contributed by atoms with Gasteiger partial charge in [-0.25, -0.2) is 4.98 Å². The molecule has 136 valence electrons. The average molecular weight is 377 g/mol. The molecule has 0 spiro atoms. The summed E-state index contributed by atoms with van der Waals surface area (Å²) in [4.78, 5) is 18.9. The maximum Gasteiger partial charge on any atom is 0.228 e. The first-order chi connectivity index (χ1) is 10.8. The molecular weight excluding hydrogens is 351 g/mol. The Morgan fingerprint density at radius 3 is 2.67 bits per heavy atom. The number of amides is 1. The quantitative estimate of drug-likeness (QED) is 0.840. The van der Waals surface area contributed by atoms with Crippen LogP contribution in [0.1, 0.15) is 19.3 Å². The van der Waals surface area contributed by atoms with Crippen molar-refractivity contribution in [3.05, 3.63) is 18.3 Å². The summed E-state index contributed by atoms with van der Waals surface area (Å²) >= 11 is 0. The van der Waals surface area contributed by atoms with Crippen LogP contribution in [-0.4, -0.2) is 43.7 Å². The molecule has 0 bridgehead atoms. The minimum absolute atomic E-state index is 0. The summed E-state index contributed by atoms with van der Waals surface area (Å²) < 4.78 is 5.35. The Labute approximate surface area is 155 Å². The second kappa shape index (κ2) is 10.0. The molecule has 2 aliphatic rings. The summed E-state index contributed by atoms with van der Waals surface area (Å²) in [5, 5.41) is 2.93. The molecule has 1 saturated heterocycles. The van der Waals surface area contributed by atoms with Gasteiger partial charge in [-0.3, -0.25) is 4.79 Å². The zero-order chi connectivity index (χ0) is 15.4. The van der Waals surface area contributed by atoms with E-state index in [0.717, 1.165) is 51.3 Å². The van der Waals surface area contributed by atoms with Crippen LogP contribution in [0.3, 0.4) is 0 Å². The molecule has 2 heterocycles. The maximum atomic E-state index is 12.3. The summed E-state index contributed by atoms with van der Waals surface area (Å²) in [5.41, 5.74) is 6.82. The van der Waals surface area contributed by atoms with E-state index in [1.54, 1.807) is 0 Å². The van der Waals surface area contributed by atoms with Crippen LogP contribution in [0.15, 0.2) is 18.3 Å². The van der Waals surface area contributed by atoms with Crippen LogP contribution in [0, 0.1) is 11.8 Å². The Kier molecular flexibility index (Phi) is 8.76. The van der Waals surface area contributed by atoms with Gasteiger partial charge in [0.25, 0.3) is 0 Å². The molecule has 1 amide bonds. The molecule has 3 rings (SSSR count). The van der Waals surface area contributed by atoms with Gasteiger partial charge >= 0.3 is 0 Å². The second-order valence-electron chi connectivity index (χ2n) is 6.02. The minimum Gasteiger partial charge on any atom is -0.378 e. The van der Waals surface area contributed by atoms with Crippen molar-refractivity contribution >= 4 is 42.2 Å². The Bertz CT molecular complexity index is 509. The highest BCUT2D eigenvalue weighted by Crippen LogP contribution is 2.31. The predicted molar refractivity (Wildman–Crippen MR) is 100 cm³/mol. The molecule has 3 N–H and O–H groups in total. The van der Waals surface area contributed by atoms with E-state index < -0.39 is 0 Å². The Balaban J connectivity index is 0.00000144. The fourth-order valence-electron chi connectivity index (χ4n) is 3.35. The van der Waals surface area contributed by atoms with Gasteiger partial charge in [-0.2, -0.15) is 0 Å². The van der Waals surface area contributed by atoms with Gasteiger partial charge in [0.1, 0.15) is 5.82 Å². The lowest BCUT2D eigenvalue weighted by Crippen LogP contribution is -2.36. The topological polar surface area (TPSA) is 80.5 Å². The van der Waals surface area contributed by atoms with Crippen LogP contribution in [-0.2, 0) is 9.53 Å². The molecule has 6 nitrogen and oxygen atoms in total. The van der Waals surface area contributed by atoms with Gasteiger partial charge in [0.15, 0.2) is 0 Å². The number of morpholine rings is 1. The van der Waals surface area contributed by atoms with Gasteiger partial charge < -0.3 is 20.7 Å². The Hall–Kier alpha value is -1.08. The first-order valence-electron chi connectivity index (χ1n) is 8.07. The number of nitrogens with two attached hydrogens (primary N) is 1. The summed E-state index contributed by atoms with van der Waals surface area (Å²) in [7, 11) is 0. The van der Waals surface area contributed by atoms with E-state index in [4.69, 9.17) is 10.5 Å². The van der Waals surface area contributed by atoms with Crippen LogP contribution in [0.4, 0.5) is 11.5 Å². The summed E-state index contributed by atoms with van der Waals surface area (Å²) in [6, 6.07) is 3.87. The van der Waals surface area contributed by atoms with Crippen molar-refractivity contribution in [3.8, 4) is 0 Å². The third-order valence-electron chi connectivity index (χ3n) is 4.67. The zero-order valence-electron chi connectivity index (χ0n) is 13.6. The Morgan fingerprint density at radius 2 is 2.04 bits per heavy atom. The highest BCUT2D eigenvalue weighted by Gasteiger charge is 2.32. The van der Waals surface area contributed by atoms with Crippen molar-refractivity contribution in [2.45, 2.75) is 19.3 Å². The highest BCUT2D eigenvalue weighted by atomic mass is 35.5. The summed E-state index contributed by atoms with van der Waals surface area (Å²) in [6.45, 7) is 3.85. The van der Waals surface area contributed by atoms with Crippen LogP contribution < -0.4 is 16.0 Å². The fourth-order valence-corrected chi connectivity index (χ4v) is 3.35. The molecule has 1 aromatic rings. The van der Waals surface area contributed by atoms with Crippen molar-refractivity contribution in [2.75, 3.05) is 43.1 Å². The van der Waals surface area contributed by atoms with E-state index in [1.807, 2.05) is 18.3 Å². The Morgan fingerprint density at radius 1 is 1.29 bits per heavy atom. The number of anilines is 2. The van der Waals surface area contributed by atoms with Crippen molar-refractivity contribution in [1.29, 1.82) is 0 Å². The number of hydrogen-bond donors (Lipinski definition) is 2. The highest BCUT2D eigenvalue weighted by molar-refractivity contribution is 5.92. The smallest absolute Gasteiger partial charge is 0.228 e. The third kappa shape index (κ3) is 4.96. The molecular formula is C16H26Cl2N4O2. The van der Waals surface area contributed by atoms with Crippen LogP contribution in [0.25, 0.3) is 0 Å². The van der Waals surface area contributed by atoms with Crippen LogP contribution in [0.2, 0.25) is 0 Å². The predicted octanol–water partition coefficient (Wildman–Crippen LogP) is 2.08. The number of nitrogens with one attached hydrogen (secondary N) is 1. The molecule has 2 atom stereocenters. The molecule has 2 fully saturated rings. The largest absolute Gasteiger partial charge is 0.378 e. The number of hydrogen-bond acceptors (Lipinski definition) is 5. The van der Waals surface area contributed by atoms with Gasteiger partial charge in [-0.05, 0) is 37.4 Å². The minimum atomic E-state index is 0. The molecule has 1 saturated carbocycles. The van der Waals surface area contributed by atoms with E-state index in [9.17, 15) is 4.79 Å². The molecule has 0 aromatic carbocycles. The number of ether oxygens (including phenoxy) is 1. The third-order valence-corrected chi connectivity index (χ3v) is 4.67. The molecule has 1 aliphatic heterocycles. The molecule has 24 heavy (non-hydrogen) atoms. The van der Waals surface area contributed by atoms with Crippen molar-refractivity contribution < 1.29 is 9.53 Å². The summed E-state index contributed by atoms with van der Waals surface area (Å²) in [6.07, 6.45) is 4.89. The maximum absolute atomic E-state index is 12.3. The standard InChI is InChI=1S/C16H24N4O2.2ClH/c17-10-12-2-1-3-14(12)16(21)19-15-5-4-13(11-18-15)20-6-8-22-9-7-20;;/h4-5,11-12,14H,1-3,6-10,17H2,(H,18,19,21);2*1H/t12-,14-;;/m1../s1. The molecule has 8 heteroatoms. The van der Waals surface area contributed by atoms with E-state index in [-0.39, 0.29) is 36.6 Å². The van der Waals surface area contributed by atoms with E-state index in [2.05, 4.69) is 15.2 Å². The van der Waals surface area contributed by atoms with E-state index in [0.29, 0.717) is 18.3 Å². The van der Waals surface area contributed by atoms with Gasteiger partial charge in [-0.15, -0.1) is 24.8 Å². The molecule has 1 aromatic heterocycles. The molecule has 0 unspecified atom stereocenters. The monoisotopic (exact) mass is 376 g/mol. The first kappa shape index (κ1) is 21.0. The van der Waals surface area contributed by atoms with Crippen molar-refractivity contribution in [1.82, 2.24) is 4.98 Å². The van der Waals surface area contributed by atoms with Crippen LogP contribution in [0.5, 0.6) is 0 Å². The zero-order valence-corrected chi connectivity index (χ0v) is 15.3. The van der Waals surface area contributed by atoms with Crippen molar-refractivity contribution in [3.63, 3.8) is 0 Å². The van der Waals surface area contributed by atoms with Gasteiger partial charge in [0.2, 0.25) is 5.91 Å². The summed E-state index contributed by atoms with van der Waals surface area (Å²) in [5.74, 6) is 1.02. The number of rotatable bonds is 4. The molecule has 0 radical (unpaired) electrons. The first-order valence-corrected chi connectivity index (χ1v) is 8.07. The lowest BCUT2D eigenvalue weighted by Gasteiger charge is -2.28. The number of carbonyl (C=O) groups excluding carboxylic acids is 1. The SMILES string of the molecule is Cl.Cl.NC[C@H]1CCC[C@H]1C(=O)Nc1ccc(N2CCOCC2)cn1. The van der Waals surface area contributed by atoms with Crippen LogP contribution >= 0.6 is 24.8 Å². The molecule has 1 aliphatic carbocycles. The van der Waals surface area contributed by atoms with Gasteiger partial charge in [-0.1, -0.05) is 6.42 Å². The average Bonchev–Trinajstić information content (AvgIpc) is 3.05. The normalized spacial score (nSPS) is 23.1. The number of halogens is 2. The number of nitrogens with zero attached hydrogens (tertiary/aromatic N) is 2. The fraction of sp³-hybridized carbons (Fsp3) is 0.625. The van der Waals surface area contributed by atoms with Crippen molar-refractivity contribution in [2.24, 2.45) is 17.6 Å². The van der Waals surface area contributed by atoms with Gasteiger partial charge in [0.05, 0.1) is 25.1 Å². The van der Waals surface area contributed by atoms with Gasteiger partial charge in [0, 0.05) is 19.0 Å². The second-order valence-corrected chi connectivity index (χ2v) is 6.02. The number of carbonyl (C=O) groups is 1.